The molecule has 6 nitrogen and oxygen atoms in total. The molecule has 8 aromatic carbocycles. The Hall–Kier alpha value is -7.44. The SMILES string of the molecule is Cc1cc(C)cc(Oc2c(Oc3cc(C)cc(C)c3)c(Oc3cc(C)cc(C)c3)c(Oc3cc(C)cc(C)c3)c(Oc3cc(C)cc(C)c3)c2Oc2cc(C)cc(C)c2)c1.Cc1ccccc1. The molecule has 0 radical (unpaired) electrons. The van der Waals surface area contributed by atoms with E-state index in [1.165, 1.54) is 5.56 Å². The van der Waals surface area contributed by atoms with Gasteiger partial charge < -0.3 is 28.4 Å². The third-order valence-electron chi connectivity index (χ3n) is 10.7. The van der Waals surface area contributed by atoms with Gasteiger partial charge in [-0.25, -0.2) is 0 Å². The van der Waals surface area contributed by atoms with E-state index < -0.39 is 0 Å². The Morgan fingerprint density at radius 2 is 0.328 bits per heavy atom. The van der Waals surface area contributed by atoms with Gasteiger partial charge >= 0.3 is 0 Å². The molecule has 0 amide bonds. The van der Waals surface area contributed by atoms with E-state index in [-0.39, 0.29) is 34.5 Å². The largest absolute Gasteiger partial charge is 0.449 e. The van der Waals surface area contributed by atoms with Crippen LogP contribution in [-0.4, -0.2) is 0 Å². The van der Waals surface area contributed by atoms with Crippen LogP contribution >= 0.6 is 0 Å². The van der Waals surface area contributed by atoms with E-state index in [9.17, 15) is 0 Å². The lowest BCUT2D eigenvalue weighted by Gasteiger charge is -2.26. The van der Waals surface area contributed by atoms with Gasteiger partial charge in [0.2, 0.25) is 34.5 Å². The second kappa shape index (κ2) is 20.8. The molecule has 67 heavy (non-hydrogen) atoms. The van der Waals surface area contributed by atoms with Gasteiger partial charge in [0.05, 0.1) is 0 Å². The molecule has 0 heterocycles. The summed E-state index contributed by atoms with van der Waals surface area (Å²) < 4.78 is 42.6. The fraction of sp³-hybridized carbons (Fsp3) is 0.213. The number of rotatable bonds is 12. The Labute approximate surface area is 397 Å². The quantitative estimate of drug-likeness (QED) is 0.122. The van der Waals surface area contributed by atoms with E-state index in [4.69, 9.17) is 28.4 Å². The summed E-state index contributed by atoms with van der Waals surface area (Å²) in [6.45, 7) is 26.6. The van der Waals surface area contributed by atoms with Crippen molar-refractivity contribution in [1.82, 2.24) is 0 Å². The van der Waals surface area contributed by atoms with Gasteiger partial charge in [-0.3, -0.25) is 0 Å². The Kier molecular flexibility index (Phi) is 14.8. The highest BCUT2D eigenvalue weighted by molar-refractivity contribution is 5.77. The maximum atomic E-state index is 7.10. The van der Waals surface area contributed by atoms with Gasteiger partial charge in [0, 0.05) is 0 Å². The van der Waals surface area contributed by atoms with Crippen molar-refractivity contribution < 1.29 is 28.4 Å². The van der Waals surface area contributed by atoms with Gasteiger partial charge in [0.1, 0.15) is 34.5 Å². The molecule has 0 aromatic heterocycles. The minimum atomic E-state index is 0.241. The van der Waals surface area contributed by atoms with E-state index >= 15 is 0 Å². The number of benzene rings is 8. The second-order valence-electron chi connectivity index (χ2n) is 18.2. The lowest BCUT2D eigenvalue weighted by Crippen LogP contribution is -2.04. The maximum Gasteiger partial charge on any atom is 0.220 e. The minimum absolute atomic E-state index is 0.241. The highest BCUT2D eigenvalue weighted by Gasteiger charge is 2.35. The summed E-state index contributed by atoms with van der Waals surface area (Å²) in [6.07, 6.45) is 0. The molecule has 0 spiro atoms. The zero-order valence-corrected chi connectivity index (χ0v) is 41.2. The predicted octanol–water partition coefficient (Wildman–Crippen LogP) is 18.1. The molecule has 0 N–H and O–H groups in total. The van der Waals surface area contributed by atoms with Crippen LogP contribution in [0.1, 0.15) is 72.3 Å². The summed E-state index contributed by atoms with van der Waals surface area (Å²) >= 11 is 0. The monoisotopic (exact) mass is 890 g/mol. The third kappa shape index (κ3) is 12.9. The molecule has 0 aliphatic rings. The van der Waals surface area contributed by atoms with Crippen LogP contribution in [0.15, 0.2) is 140 Å². The number of aryl methyl sites for hydroxylation is 13. The van der Waals surface area contributed by atoms with Crippen molar-refractivity contribution in [2.45, 2.75) is 90.0 Å². The molecule has 0 saturated carbocycles. The highest BCUT2D eigenvalue weighted by Crippen LogP contribution is 2.63. The molecule has 0 bridgehead atoms. The number of ether oxygens (including phenoxy) is 6. The molecule has 0 saturated heterocycles. The second-order valence-corrected chi connectivity index (χ2v) is 18.2. The van der Waals surface area contributed by atoms with Gasteiger partial charge in [-0.2, -0.15) is 0 Å². The highest BCUT2D eigenvalue weighted by atomic mass is 16.6. The molecule has 6 heteroatoms. The minimum Gasteiger partial charge on any atom is -0.449 e. The summed E-state index contributed by atoms with van der Waals surface area (Å²) in [5.74, 6) is 4.95. The van der Waals surface area contributed by atoms with E-state index in [0.717, 1.165) is 66.8 Å². The molecular weight excluding hydrogens is 829 g/mol. The molecule has 0 aliphatic carbocycles. The van der Waals surface area contributed by atoms with Gasteiger partial charge in [0.25, 0.3) is 0 Å². The number of hydrogen-bond acceptors (Lipinski definition) is 6. The fourth-order valence-corrected chi connectivity index (χ4v) is 8.37. The summed E-state index contributed by atoms with van der Waals surface area (Å²) in [5.41, 5.74) is 13.7. The molecular formula is C61H62O6. The van der Waals surface area contributed by atoms with E-state index in [0.29, 0.717) is 34.5 Å². The Bertz CT molecular complexity index is 2430. The van der Waals surface area contributed by atoms with Crippen LogP contribution in [0.4, 0.5) is 0 Å². The van der Waals surface area contributed by atoms with Crippen LogP contribution < -0.4 is 28.4 Å². The molecule has 0 atom stereocenters. The van der Waals surface area contributed by atoms with Crippen LogP contribution in [0, 0.1) is 90.0 Å². The maximum absolute atomic E-state index is 7.10. The van der Waals surface area contributed by atoms with Crippen LogP contribution in [-0.2, 0) is 0 Å². The summed E-state index contributed by atoms with van der Waals surface area (Å²) in [7, 11) is 0. The Balaban J connectivity index is 0.000000871. The smallest absolute Gasteiger partial charge is 0.220 e. The fourth-order valence-electron chi connectivity index (χ4n) is 8.37. The first kappa shape index (κ1) is 47.5. The van der Waals surface area contributed by atoms with Crippen molar-refractivity contribution in [3.63, 3.8) is 0 Å². The Morgan fingerprint density at radius 3 is 0.448 bits per heavy atom. The molecule has 8 rings (SSSR count). The van der Waals surface area contributed by atoms with Gasteiger partial charge in [-0.1, -0.05) is 72.3 Å². The van der Waals surface area contributed by atoms with Crippen molar-refractivity contribution in [2.24, 2.45) is 0 Å². The van der Waals surface area contributed by atoms with Crippen LogP contribution in [0.5, 0.6) is 69.0 Å². The van der Waals surface area contributed by atoms with Crippen LogP contribution in [0.3, 0.4) is 0 Å². The van der Waals surface area contributed by atoms with Gasteiger partial charge in [-0.05, 0) is 230 Å². The van der Waals surface area contributed by atoms with Crippen molar-refractivity contribution >= 4 is 0 Å². The molecule has 8 aromatic rings. The topological polar surface area (TPSA) is 55.4 Å². The average molecular weight is 891 g/mol. The summed E-state index contributed by atoms with van der Waals surface area (Å²) in [5, 5.41) is 0. The lowest BCUT2D eigenvalue weighted by molar-refractivity contribution is 0.326. The van der Waals surface area contributed by atoms with E-state index in [1.807, 2.05) is 174 Å². The van der Waals surface area contributed by atoms with Crippen molar-refractivity contribution in [3.8, 4) is 69.0 Å². The Morgan fingerprint density at radius 1 is 0.179 bits per heavy atom. The predicted molar refractivity (Wildman–Crippen MR) is 274 cm³/mol. The van der Waals surface area contributed by atoms with E-state index in [2.05, 4.69) is 55.5 Å². The van der Waals surface area contributed by atoms with Crippen molar-refractivity contribution in [1.29, 1.82) is 0 Å². The first-order valence-electron chi connectivity index (χ1n) is 22.8. The third-order valence-corrected chi connectivity index (χ3v) is 10.7. The first-order valence-corrected chi connectivity index (χ1v) is 22.8. The lowest BCUT2D eigenvalue weighted by atomic mass is 10.1. The normalized spacial score (nSPS) is 10.8. The van der Waals surface area contributed by atoms with Gasteiger partial charge in [-0.15, -0.1) is 0 Å². The molecule has 0 fully saturated rings. The number of hydrogen-bond donors (Lipinski definition) is 0. The van der Waals surface area contributed by atoms with Crippen LogP contribution in [0.2, 0.25) is 0 Å². The first-order chi connectivity index (χ1) is 31.9. The molecule has 0 aliphatic heterocycles. The molecule has 0 unspecified atom stereocenters. The van der Waals surface area contributed by atoms with Crippen molar-refractivity contribution in [2.75, 3.05) is 0 Å². The zero-order valence-electron chi connectivity index (χ0n) is 41.2. The van der Waals surface area contributed by atoms with Crippen molar-refractivity contribution in [3.05, 3.63) is 212 Å². The van der Waals surface area contributed by atoms with E-state index in [1.54, 1.807) is 0 Å². The molecule has 342 valence electrons. The zero-order chi connectivity index (χ0) is 47.9. The summed E-state index contributed by atoms with van der Waals surface area (Å²) in [4.78, 5) is 0. The van der Waals surface area contributed by atoms with Crippen LogP contribution in [0.25, 0.3) is 0 Å². The summed E-state index contributed by atoms with van der Waals surface area (Å²) in [6, 6.07) is 46.8. The average Bonchev–Trinajstić information content (AvgIpc) is 3.20. The van der Waals surface area contributed by atoms with Gasteiger partial charge in [0.15, 0.2) is 0 Å². The standard InChI is InChI=1S/C54H54O6.C7H8/c1-31-13-32(2)20-43(19-31)55-49-50(56-44-21-33(3)14-34(4)22-44)52(58-46-25-37(7)16-38(8)26-46)54(60-48-29-41(11)18-42(12)30-48)53(59-47-27-39(9)17-40(10)28-47)51(49)57-45-23-35(5)15-36(6)24-45;1-7-5-3-2-4-6-7/h13-30H,1-12H3;2-6H,1H3.